The Kier molecular flexibility index (Phi) is 6.61. The summed E-state index contributed by atoms with van der Waals surface area (Å²) >= 11 is 0. The lowest BCUT2D eigenvalue weighted by molar-refractivity contribution is -0.146. The number of nitriles is 1. The molecular formula is C19H25N3O5. The average Bonchev–Trinajstić information content (AvgIpc) is 2.60. The van der Waals surface area contributed by atoms with Gasteiger partial charge in [0.2, 0.25) is 0 Å². The molecule has 0 radical (unpaired) electrons. The van der Waals surface area contributed by atoms with Gasteiger partial charge in [0.05, 0.1) is 19.2 Å². The second kappa shape index (κ2) is 8.71. The molecule has 1 unspecified atom stereocenters. The van der Waals surface area contributed by atoms with Gasteiger partial charge < -0.3 is 14.2 Å². The van der Waals surface area contributed by atoms with Crippen LogP contribution < -0.4 is 9.64 Å². The van der Waals surface area contributed by atoms with Crippen LogP contribution in [-0.4, -0.2) is 42.4 Å². The van der Waals surface area contributed by atoms with Crippen LogP contribution in [0.1, 0.15) is 39.8 Å². The van der Waals surface area contributed by atoms with E-state index in [2.05, 4.69) is 4.98 Å². The number of esters is 1. The highest BCUT2D eigenvalue weighted by Crippen LogP contribution is 2.31. The summed E-state index contributed by atoms with van der Waals surface area (Å²) in [6.45, 7) is 8.02. The molecule has 1 atom stereocenters. The van der Waals surface area contributed by atoms with E-state index in [1.807, 2.05) is 6.07 Å². The van der Waals surface area contributed by atoms with E-state index in [-0.39, 0.29) is 13.0 Å². The summed E-state index contributed by atoms with van der Waals surface area (Å²) in [4.78, 5) is 30.2. The van der Waals surface area contributed by atoms with Crippen molar-refractivity contribution in [3.05, 3.63) is 17.8 Å². The van der Waals surface area contributed by atoms with Gasteiger partial charge in [0.25, 0.3) is 0 Å². The van der Waals surface area contributed by atoms with Crippen LogP contribution in [0.3, 0.4) is 0 Å². The van der Waals surface area contributed by atoms with Gasteiger partial charge in [-0.05, 0) is 52.7 Å². The SMILES string of the molecule is CCOC(=O)C(C#N)CCc1ccc2c(n1)N(C(=O)OC(C)(C)C)CCO2. The van der Waals surface area contributed by atoms with E-state index >= 15 is 0 Å². The summed E-state index contributed by atoms with van der Waals surface area (Å²) in [6.07, 6.45) is 0.194. The predicted molar refractivity (Wildman–Crippen MR) is 97.4 cm³/mol. The third kappa shape index (κ3) is 5.58. The lowest BCUT2D eigenvalue weighted by Gasteiger charge is -2.30. The van der Waals surface area contributed by atoms with Gasteiger partial charge in [0.15, 0.2) is 11.6 Å². The number of carbonyl (C=O) groups is 2. The van der Waals surface area contributed by atoms with E-state index in [4.69, 9.17) is 19.5 Å². The minimum Gasteiger partial charge on any atom is -0.488 e. The standard InChI is InChI=1S/C19H25N3O5/c1-5-25-17(23)13(12-20)6-7-14-8-9-15-16(21-14)22(10-11-26-15)18(24)27-19(2,3)4/h8-9,13H,5-7,10-11H2,1-4H3. The quantitative estimate of drug-likeness (QED) is 0.729. The number of ether oxygens (including phenoxy) is 3. The highest BCUT2D eigenvalue weighted by molar-refractivity contribution is 5.89. The molecule has 0 aliphatic carbocycles. The van der Waals surface area contributed by atoms with Crippen LogP contribution in [0.2, 0.25) is 0 Å². The largest absolute Gasteiger partial charge is 0.488 e. The number of aryl methyl sites for hydroxylation is 1. The summed E-state index contributed by atoms with van der Waals surface area (Å²) in [7, 11) is 0. The normalized spacial score (nSPS) is 14.4. The van der Waals surface area contributed by atoms with Gasteiger partial charge >= 0.3 is 12.1 Å². The van der Waals surface area contributed by atoms with Crippen molar-refractivity contribution in [2.24, 2.45) is 5.92 Å². The minimum atomic E-state index is -0.846. The lowest BCUT2D eigenvalue weighted by Crippen LogP contribution is -2.42. The molecule has 8 heteroatoms. The maximum Gasteiger partial charge on any atom is 0.416 e. The molecule has 1 amide bonds. The number of aromatic nitrogens is 1. The van der Waals surface area contributed by atoms with Gasteiger partial charge in [-0.1, -0.05) is 0 Å². The Morgan fingerprint density at radius 2 is 2.15 bits per heavy atom. The van der Waals surface area contributed by atoms with Crippen LogP contribution in [0.25, 0.3) is 0 Å². The lowest BCUT2D eigenvalue weighted by atomic mass is 10.0. The monoisotopic (exact) mass is 375 g/mol. The number of amides is 1. The molecule has 8 nitrogen and oxygen atoms in total. The van der Waals surface area contributed by atoms with Crippen molar-refractivity contribution in [3.63, 3.8) is 0 Å². The Morgan fingerprint density at radius 1 is 1.41 bits per heavy atom. The Labute approximate surface area is 159 Å². The second-order valence-corrected chi connectivity index (χ2v) is 7.08. The molecule has 146 valence electrons. The molecular weight excluding hydrogens is 350 g/mol. The Hall–Kier alpha value is -2.82. The smallest absolute Gasteiger partial charge is 0.416 e. The van der Waals surface area contributed by atoms with E-state index in [0.29, 0.717) is 36.8 Å². The summed E-state index contributed by atoms with van der Waals surface area (Å²) < 4.78 is 15.9. The molecule has 0 saturated carbocycles. The average molecular weight is 375 g/mol. The number of hydrogen-bond acceptors (Lipinski definition) is 7. The zero-order valence-electron chi connectivity index (χ0n) is 16.2. The minimum absolute atomic E-state index is 0.232. The zero-order chi connectivity index (χ0) is 20.0. The van der Waals surface area contributed by atoms with Crippen molar-refractivity contribution in [3.8, 4) is 11.8 Å². The molecule has 1 aromatic rings. The van der Waals surface area contributed by atoms with Gasteiger partial charge in [0, 0.05) is 5.69 Å². The van der Waals surface area contributed by atoms with Crippen molar-refractivity contribution in [1.82, 2.24) is 4.98 Å². The Bertz CT molecular complexity index is 736. The van der Waals surface area contributed by atoms with Gasteiger partial charge in [-0.3, -0.25) is 9.69 Å². The summed E-state index contributed by atoms with van der Waals surface area (Å²) in [5.74, 6) is -0.492. The van der Waals surface area contributed by atoms with E-state index in [1.54, 1.807) is 39.8 Å². The van der Waals surface area contributed by atoms with E-state index in [9.17, 15) is 9.59 Å². The van der Waals surface area contributed by atoms with Gasteiger partial charge in [0.1, 0.15) is 18.1 Å². The predicted octanol–water partition coefficient (Wildman–Crippen LogP) is 2.85. The molecule has 0 fully saturated rings. The summed E-state index contributed by atoms with van der Waals surface area (Å²) in [6, 6.07) is 5.46. The van der Waals surface area contributed by atoms with Crippen molar-refractivity contribution in [1.29, 1.82) is 5.26 Å². The number of carbonyl (C=O) groups excluding carboxylic acids is 2. The number of pyridine rings is 1. The maximum absolute atomic E-state index is 12.5. The number of anilines is 1. The third-order valence-corrected chi connectivity index (χ3v) is 3.76. The Balaban J connectivity index is 2.14. The van der Waals surface area contributed by atoms with Crippen molar-refractivity contribution in [2.45, 2.75) is 46.1 Å². The van der Waals surface area contributed by atoms with Crippen molar-refractivity contribution >= 4 is 17.9 Å². The number of rotatable bonds is 5. The highest BCUT2D eigenvalue weighted by atomic mass is 16.6. The van der Waals surface area contributed by atoms with E-state index < -0.39 is 23.6 Å². The topological polar surface area (TPSA) is 102 Å². The number of hydrogen-bond donors (Lipinski definition) is 0. The molecule has 1 aromatic heterocycles. The van der Waals surface area contributed by atoms with Gasteiger partial charge in [-0.2, -0.15) is 5.26 Å². The number of nitrogens with zero attached hydrogens (tertiary/aromatic N) is 3. The van der Waals surface area contributed by atoms with Gasteiger partial charge in [-0.15, -0.1) is 0 Å². The van der Waals surface area contributed by atoms with Crippen LogP contribution in [-0.2, 0) is 20.7 Å². The first kappa shape index (κ1) is 20.5. The molecule has 0 aromatic carbocycles. The van der Waals surface area contributed by atoms with Crippen LogP contribution >= 0.6 is 0 Å². The van der Waals surface area contributed by atoms with E-state index in [1.165, 1.54) is 4.90 Å². The van der Waals surface area contributed by atoms with E-state index in [0.717, 1.165) is 0 Å². The fourth-order valence-electron chi connectivity index (χ4n) is 2.54. The van der Waals surface area contributed by atoms with Crippen molar-refractivity contribution in [2.75, 3.05) is 24.7 Å². The van der Waals surface area contributed by atoms with Crippen LogP contribution in [0.4, 0.5) is 10.6 Å². The second-order valence-electron chi connectivity index (χ2n) is 7.08. The summed E-state index contributed by atoms with van der Waals surface area (Å²) in [5.41, 5.74) is 0.0321. The Morgan fingerprint density at radius 3 is 2.78 bits per heavy atom. The number of fused-ring (bicyclic) bond motifs is 1. The maximum atomic E-state index is 12.5. The summed E-state index contributed by atoms with van der Waals surface area (Å²) in [5, 5.41) is 9.16. The molecule has 0 saturated heterocycles. The highest BCUT2D eigenvalue weighted by Gasteiger charge is 2.30. The molecule has 27 heavy (non-hydrogen) atoms. The first-order chi connectivity index (χ1) is 12.7. The van der Waals surface area contributed by atoms with Crippen molar-refractivity contribution < 1.29 is 23.8 Å². The van der Waals surface area contributed by atoms with Crippen LogP contribution in [0.15, 0.2) is 12.1 Å². The molecule has 2 heterocycles. The molecule has 1 aliphatic rings. The first-order valence-electron chi connectivity index (χ1n) is 8.94. The molecule has 1 aliphatic heterocycles. The van der Waals surface area contributed by atoms with Crippen LogP contribution in [0, 0.1) is 17.2 Å². The fraction of sp³-hybridized carbons (Fsp3) is 0.579. The third-order valence-electron chi connectivity index (χ3n) is 3.76. The molecule has 0 spiro atoms. The van der Waals surface area contributed by atoms with Gasteiger partial charge in [-0.25, -0.2) is 9.78 Å². The first-order valence-corrected chi connectivity index (χ1v) is 8.94. The molecule has 2 rings (SSSR count). The molecule has 0 bridgehead atoms. The molecule has 0 N–H and O–H groups in total. The fourth-order valence-corrected chi connectivity index (χ4v) is 2.54. The zero-order valence-corrected chi connectivity index (χ0v) is 16.2. The van der Waals surface area contributed by atoms with Crippen LogP contribution in [0.5, 0.6) is 5.75 Å².